The van der Waals surface area contributed by atoms with Gasteiger partial charge in [-0.2, -0.15) is 0 Å². The Bertz CT molecular complexity index is 738. The SMILES string of the molecule is O=[N+]([O-])c1cccc(/C=C/c2ncc([N+](=O)[O-])n2CCO)c1. The fourth-order valence-electron chi connectivity index (χ4n) is 1.90. The molecule has 1 heterocycles. The summed E-state index contributed by atoms with van der Waals surface area (Å²) in [6, 6.07) is 5.96. The lowest BCUT2D eigenvalue weighted by atomic mass is 10.2. The Morgan fingerprint density at radius 3 is 2.64 bits per heavy atom. The van der Waals surface area contributed by atoms with Crippen molar-refractivity contribution in [2.75, 3.05) is 6.61 Å². The van der Waals surface area contributed by atoms with E-state index in [0.29, 0.717) is 5.56 Å². The number of nitrogens with zero attached hydrogens (tertiary/aromatic N) is 4. The van der Waals surface area contributed by atoms with Crippen molar-refractivity contribution in [2.24, 2.45) is 0 Å². The Balaban J connectivity index is 2.32. The number of rotatable bonds is 6. The van der Waals surface area contributed by atoms with E-state index in [1.807, 2.05) is 0 Å². The molecule has 2 rings (SSSR count). The van der Waals surface area contributed by atoms with Gasteiger partial charge >= 0.3 is 5.82 Å². The van der Waals surface area contributed by atoms with Gasteiger partial charge in [0.25, 0.3) is 5.69 Å². The molecule has 1 aromatic carbocycles. The quantitative estimate of drug-likeness (QED) is 0.641. The summed E-state index contributed by atoms with van der Waals surface area (Å²) in [4.78, 5) is 24.4. The molecule has 0 saturated heterocycles. The van der Waals surface area contributed by atoms with Crippen molar-refractivity contribution in [1.29, 1.82) is 0 Å². The normalized spacial score (nSPS) is 11.0. The predicted octanol–water partition coefficient (Wildman–Crippen LogP) is 1.86. The smallest absolute Gasteiger partial charge is 0.343 e. The average molecular weight is 304 g/mol. The van der Waals surface area contributed by atoms with Crippen molar-refractivity contribution in [3.63, 3.8) is 0 Å². The third-order valence-corrected chi connectivity index (χ3v) is 2.88. The van der Waals surface area contributed by atoms with Crippen LogP contribution in [-0.2, 0) is 6.54 Å². The van der Waals surface area contributed by atoms with Gasteiger partial charge in [0.05, 0.1) is 11.5 Å². The number of nitro groups is 2. The highest BCUT2D eigenvalue weighted by Gasteiger charge is 2.17. The number of nitro benzene ring substituents is 1. The zero-order valence-corrected chi connectivity index (χ0v) is 11.3. The van der Waals surface area contributed by atoms with E-state index < -0.39 is 9.85 Å². The maximum atomic E-state index is 10.9. The number of hydrogen-bond acceptors (Lipinski definition) is 6. The second-order valence-corrected chi connectivity index (χ2v) is 4.29. The molecule has 1 aromatic heterocycles. The summed E-state index contributed by atoms with van der Waals surface area (Å²) in [6.07, 6.45) is 4.16. The summed E-state index contributed by atoms with van der Waals surface area (Å²) in [5.74, 6) is 0.0556. The lowest BCUT2D eigenvalue weighted by Gasteiger charge is -2.00. The van der Waals surface area contributed by atoms with Gasteiger partial charge in [0, 0.05) is 18.2 Å². The molecule has 2 aromatic rings. The Morgan fingerprint density at radius 2 is 2.00 bits per heavy atom. The van der Waals surface area contributed by atoms with Crippen LogP contribution in [0.3, 0.4) is 0 Å². The van der Waals surface area contributed by atoms with E-state index in [4.69, 9.17) is 5.11 Å². The molecule has 0 aliphatic carbocycles. The molecule has 0 fully saturated rings. The second kappa shape index (κ2) is 6.59. The van der Waals surface area contributed by atoms with Gasteiger partial charge in [-0.1, -0.05) is 12.1 Å². The number of aliphatic hydroxyl groups excluding tert-OH is 1. The predicted molar refractivity (Wildman–Crippen MR) is 78.0 cm³/mol. The summed E-state index contributed by atoms with van der Waals surface area (Å²) >= 11 is 0. The van der Waals surface area contributed by atoms with Gasteiger partial charge in [0.1, 0.15) is 12.7 Å². The van der Waals surface area contributed by atoms with Crippen LogP contribution in [0.1, 0.15) is 11.4 Å². The van der Waals surface area contributed by atoms with Crippen molar-refractivity contribution in [2.45, 2.75) is 6.54 Å². The van der Waals surface area contributed by atoms with Crippen LogP contribution < -0.4 is 0 Å². The minimum absolute atomic E-state index is 0.0327. The van der Waals surface area contributed by atoms with Gasteiger partial charge < -0.3 is 15.2 Å². The standard InChI is InChI=1S/C13H12N4O5/c18-7-6-15-12(14-9-13(15)17(21)22)5-4-10-2-1-3-11(8-10)16(19)20/h1-5,8-9,18H,6-7H2/b5-4+. The van der Waals surface area contributed by atoms with E-state index in [0.717, 1.165) is 6.20 Å². The molecule has 9 nitrogen and oxygen atoms in total. The topological polar surface area (TPSA) is 124 Å². The van der Waals surface area contributed by atoms with Crippen molar-refractivity contribution in [1.82, 2.24) is 9.55 Å². The van der Waals surface area contributed by atoms with Crippen molar-refractivity contribution >= 4 is 23.7 Å². The third kappa shape index (κ3) is 3.33. The number of non-ortho nitro benzene ring substituents is 1. The van der Waals surface area contributed by atoms with E-state index in [1.54, 1.807) is 18.2 Å². The maximum Gasteiger partial charge on any atom is 0.343 e. The third-order valence-electron chi connectivity index (χ3n) is 2.88. The number of aromatic nitrogens is 2. The molecule has 1 N–H and O–H groups in total. The summed E-state index contributed by atoms with van der Waals surface area (Å²) in [5.41, 5.74) is 0.516. The first-order valence-corrected chi connectivity index (χ1v) is 6.26. The van der Waals surface area contributed by atoms with Crippen molar-refractivity contribution < 1.29 is 15.0 Å². The molecular formula is C13H12N4O5. The van der Waals surface area contributed by atoms with Crippen LogP contribution in [0, 0.1) is 20.2 Å². The Kier molecular flexibility index (Phi) is 4.59. The van der Waals surface area contributed by atoms with E-state index in [9.17, 15) is 20.2 Å². The van der Waals surface area contributed by atoms with Crippen LogP contribution in [0.15, 0.2) is 30.5 Å². The molecule has 0 amide bonds. The van der Waals surface area contributed by atoms with Crippen LogP contribution in [0.5, 0.6) is 0 Å². The van der Waals surface area contributed by atoms with Gasteiger partial charge in [0.15, 0.2) is 0 Å². The summed E-state index contributed by atoms with van der Waals surface area (Å²) < 4.78 is 1.26. The number of hydrogen-bond donors (Lipinski definition) is 1. The highest BCUT2D eigenvalue weighted by Crippen LogP contribution is 2.18. The Labute approximate surface area is 124 Å². The maximum absolute atomic E-state index is 10.9. The monoisotopic (exact) mass is 304 g/mol. The fraction of sp³-hybridized carbons (Fsp3) is 0.154. The summed E-state index contributed by atoms with van der Waals surface area (Å²) in [5, 5.41) is 30.6. The van der Waals surface area contributed by atoms with Gasteiger partial charge in [0.2, 0.25) is 5.82 Å². The van der Waals surface area contributed by atoms with Crippen LogP contribution in [0.2, 0.25) is 0 Å². The molecule has 0 unspecified atom stereocenters. The molecule has 0 bridgehead atoms. The molecule has 9 heteroatoms. The first-order valence-electron chi connectivity index (χ1n) is 6.26. The first kappa shape index (κ1) is 15.3. The van der Waals surface area contributed by atoms with Gasteiger partial charge in [-0.15, -0.1) is 0 Å². The molecule has 0 aliphatic rings. The van der Waals surface area contributed by atoms with Crippen LogP contribution in [0.4, 0.5) is 11.5 Å². The molecule has 0 spiro atoms. The fourth-order valence-corrected chi connectivity index (χ4v) is 1.90. The van der Waals surface area contributed by atoms with Gasteiger partial charge in [-0.3, -0.25) is 10.1 Å². The average Bonchev–Trinajstić information content (AvgIpc) is 2.89. The highest BCUT2D eigenvalue weighted by molar-refractivity contribution is 5.68. The zero-order chi connectivity index (χ0) is 16.1. The summed E-state index contributed by atoms with van der Waals surface area (Å²) in [6.45, 7) is -0.236. The van der Waals surface area contributed by atoms with Crippen LogP contribution >= 0.6 is 0 Å². The van der Waals surface area contributed by atoms with E-state index in [1.165, 1.54) is 22.8 Å². The molecule has 22 heavy (non-hydrogen) atoms. The largest absolute Gasteiger partial charge is 0.392 e. The first-order chi connectivity index (χ1) is 10.5. The highest BCUT2D eigenvalue weighted by atomic mass is 16.6. The number of imidazole rings is 1. The van der Waals surface area contributed by atoms with Gasteiger partial charge in [-0.05, 0) is 16.6 Å². The molecule has 0 saturated carbocycles. The van der Waals surface area contributed by atoms with Crippen LogP contribution in [-0.4, -0.2) is 31.1 Å². The number of aliphatic hydroxyl groups is 1. The minimum atomic E-state index is -0.590. The second-order valence-electron chi connectivity index (χ2n) is 4.29. The molecule has 0 atom stereocenters. The molecule has 114 valence electrons. The summed E-state index contributed by atoms with van der Waals surface area (Å²) in [7, 11) is 0. The van der Waals surface area contributed by atoms with Crippen LogP contribution in [0.25, 0.3) is 12.2 Å². The van der Waals surface area contributed by atoms with E-state index >= 15 is 0 Å². The molecule has 0 radical (unpaired) electrons. The Hall–Kier alpha value is -3.07. The zero-order valence-electron chi connectivity index (χ0n) is 11.3. The lowest BCUT2D eigenvalue weighted by molar-refractivity contribution is -0.392. The minimum Gasteiger partial charge on any atom is -0.392 e. The molecular weight excluding hydrogens is 292 g/mol. The molecule has 0 aliphatic heterocycles. The lowest BCUT2D eigenvalue weighted by Crippen LogP contribution is -2.07. The van der Waals surface area contributed by atoms with E-state index in [2.05, 4.69) is 4.98 Å². The van der Waals surface area contributed by atoms with Gasteiger partial charge in [-0.25, -0.2) is 9.55 Å². The van der Waals surface area contributed by atoms with Crippen molar-refractivity contribution in [3.05, 3.63) is 62.1 Å². The van der Waals surface area contributed by atoms with E-state index in [-0.39, 0.29) is 30.5 Å². The Morgan fingerprint density at radius 1 is 1.23 bits per heavy atom. The number of benzene rings is 1. The van der Waals surface area contributed by atoms with Crippen molar-refractivity contribution in [3.8, 4) is 0 Å².